The molecule has 1 aliphatic rings. The lowest BCUT2D eigenvalue weighted by atomic mass is 10.1. The van der Waals surface area contributed by atoms with Crippen LogP contribution in [0.1, 0.15) is 18.2 Å². The smallest absolute Gasteiger partial charge is 0.214 e. The first kappa shape index (κ1) is 16.9. The van der Waals surface area contributed by atoms with Gasteiger partial charge in [0.2, 0.25) is 10.0 Å². The molecule has 7 heteroatoms. The quantitative estimate of drug-likeness (QED) is 0.846. The first-order valence-electron chi connectivity index (χ1n) is 8.02. The highest BCUT2D eigenvalue weighted by atomic mass is 32.2. The summed E-state index contributed by atoms with van der Waals surface area (Å²) in [4.78, 5) is 11.3. The average molecular weight is 346 g/mol. The van der Waals surface area contributed by atoms with Crippen molar-refractivity contribution in [2.45, 2.75) is 19.9 Å². The Morgan fingerprint density at radius 3 is 2.50 bits per heavy atom. The van der Waals surface area contributed by atoms with Crippen molar-refractivity contribution in [2.75, 3.05) is 31.3 Å². The summed E-state index contributed by atoms with van der Waals surface area (Å²) in [5.41, 5.74) is 2.81. The van der Waals surface area contributed by atoms with E-state index in [1.165, 1.54) is 4.31 Å². The summed E-state index contributed by atoms with van der Waals surface area (Å²) in [5.74, 6) is 1.59. The summed E-state index contributed by atoms with van der Waals surface area (Å²) < 4.78 is 25.9. The van der Waals surface area contributed by atoms with Crippen LogP contribution in [0.2, 0.25) is 0 Å². The summed E-state index contributed by atoms with van der Waals surface area (Å²) in [6, 6.07) is 9.85. The van der Waals surface area contributed by atoms with Gasteiger partial charge in [0.05, 0.1) is 11.4 Å². The molecule has 1 aliphatic heterocycles. The number of sulfonamides is 1. The highest BCUT2D eigenvalue weighted by molar-refractivity contribution is 7.89. The van der Waals surface area contributed by atoms with Gasteiger partial charge < -0.3 is 4.90 Å². The summed E-state index contributed by atoms with van der Waals surface area (Å²) in [6.07, 6.45) is 0.609. The van der Waals surface area contributed by atoms with E-state index in [9.17, 15) is 8.42 Å². The summed E-state index contributed by atoms with van der Waals surface area (Å²) in [5, 5.41) is 0. The fourth-order valence-electron chi connectivity index (χ4n) is 2.88. The van der Waals surface area contributed by atoms with Crippen LogP contribution in [0.4, 0.5) is 5.82 Å². The van der Waals surface area contributed by atoms with Crippen LogP contribution >= 0.6 is 0 Å². The van der Waals surface area contributed by atoms with Crippen LogP contribution < -0.4 is 4.90 Å². The molecule has 2 aromatic rings. The van der Waals surface area contributed by atoms with E-state index >= 15 is 0 Å². The van der Waals surface area contributed by atoms with Gasteiger partial charge in [0.15, 0.2) is 5.82 Å². The number of hydrogen-bond acceptors (Lipinski definition) is 5. The van der Waals surface area contributed by atoms with Gasteiger partial charge in [-0.2, -0.15) is 4.31 Å². The molecule has 0 unspecified atom stereocenters. The number of aromatic nitrogens is 2. The molecule has 0 atom stereocenters. The van der Waals surface area contributed by atoms with Crippen molar-refractivity contribution < 1.29 is 8.42 Å². The lowest BCUT2D eigenvalue weighted by Crippen LogP contribution is -2.38. The second-order valence-electron chi connectivity index (χ2n) is 6.04. The molecule has 6 nitrogen and oxygen atoms in total. The van der Waals surface area contributed by atoms with E-state index in [4.69, 9.17) is 9.97 Å². The van der Waals surface area contributed by atoms with Crippen LogP contribution in [-0.4, -0.2) is 49.1 Å². The molecular weight excluding hydrogens is 324 g/mol. The molecule has 3 rings (SSSR count). The van der Waals surface area contributed by atoms with E-state index in [1.807, 2.05) is 49.3 Å². The van der Waals surface area contributed by atoms with Gasteiger partial charge >= 0.3 is 0 Å². The molecule has 0 saturated heterocycles. The van der Waals surface area contributed by atoms with Crippen molar-refractivity contribution in [3.8, 4) is 11.4 Å². The van der Waals surface area contributed by atoms with Gasteiger partial charge in [-0.05, 0) is 6.92 Å². The average Bonchev–Trinajstić information content (AvgIpc) is 2.60. The zero-order valence-corrected chi connectivity index (χ0v) is 15.0. The van der Waals surface area contributed by atoms with Gasteiger partial charge in [0.1, 0.15) is 5.82 Å². The molecule has 128 valence electrons. The Labute approximate surface area is 143 Å². The summed E-state index contributed by atoms with van der Waals surface area (Å²) in [6.45, 7) is 2.49. The number of nitrogens with zero attached hydrogens (tertiary/aromatic N) is 4. The third-order valence-corrected chi connectivity index (χ3v) is 6.05. The molecule has 0 saturated carbocycles. The number of anilines is 1. The van der Waals surface area contributed by atoms with Gasteiger partial charge in [0.25, 0.3) is 0 Å². The van der Waals surface area contributed by atoms with Crippen molar-refractivity contribution in [1.82, 2.24) is 14.3 Å². The Morgan fingerprint density at radius 2 is 1.88 bits per heavy atom. The number of fused-ring (bicyclic) bond motifs is 1. The van der Waals surface area contributed by atoms with E-state index in [0.29, 0.717) is 25.3 Å². The van der Waals surface area contributed by atoms with Crippen LogP contribution in [0.5, 0.6) is 0 Å². The van der Waals surface area contributed by atoms with Gasteiger partial charge in [-0.25, -0.2) is 18.4 Å². The molecule has 0 aliphatic carbocycles. The largest absolute Gasteiger partial charge is 0.362 e. The van der Waals surface area contributed by atoms with Crippen LogP contribution in [-0.2, 0) is 23.0 Å². The molecule has 0 bridgehead atoms. The number of benzene rings is 1. The Bertz CT molecular complexity index is 835. The number of hydrogen-bond donors (Lipinski definition) is 0. The van der Waals surface area contributed by atoms with Crippen molar-refractivity contribution in [1.29, 1.82) is 0 Å². The second kappa shape index (κ2) is 6.49. The first-order chi connectivity index (χ1) is 11.4. The van der Waals surface area contributed by atoms with Crippen molar-refractivity contribution in [2.24, 2.45) is 0 Å². The SMILES string of the molecule is CCS(=O)(=O)N1CCc2nc(-c3ccccc3)nc(N(C)C)c2C1. The molecule has 1 aromatic heterocycles. The zero-order valence-electron chi connectivity index (χ0n) is 14.2. The minimum Gasteiger partial charge on any atom is -0.362 e. The Kier molecular flexibility index (Phi) is 4.56. The fraction of sp³-hybridized carbons (Fsp3) is 0.412. The van der Waals surface area contributed by atoms with E-state index in [2.05, 4.69) is 0 Å². The third-order valence-electron chi connectivity index (χ3n) is 4.22. The summed E-state index contributed by atoms with van der Waals surface area (Å²) >= 11 is 0. The molecule has 0 fully saturated rings. The van der Waals surface area contributed by atoms with Crippen LogP contribution in [0.15, 0.2) is 30.3 Å². The molecular formula is C17H22N4O2S. The van der Waals surface area contributed by atoms with Crippen molar-refractivity contribution in [3.63, 3.8) is 0 Å². The van der Waals surface area contributed by atoms with E-state index < -0.39 is 10.0 Å². The van der Waals surface area contributed by atoms with Crippen LogP contribution in [0.3, 0.4) is 0 Å². The van der Waals surface area contributed by atoms with Crippen molar-refractivity contribution >= 4 is 15.8 Å². The maximum atomic E-state index is 12.2. The van der Waals surface area contributed by atoms with Crippen LogP contribution in [0.25, 0.3) is 11.4 Å². The topological polar surface area (TPSA) is 66.4 Å². The predicted molar refractivity (Wildman–Crippen MR) is 95.4 cm³/mol. The Morgan fingerprint density at radius 1 is 1.17 bits per heavy atom. The molecule has 0 spiro atoms. The van der Waals surface area contributed by atoms with Gasteiger partial charge in [-0.1, -0.05) is 30.3 Å². The normalized spacial score (nSPS) is 15.1. The molecule has 1 aromatic carbocycles. The standard InChI is InChI=1S/C17H22N4O2S/c1-4-24(22,23)21-11-10-15-14(12-21)17(20(2)3)19-16(18-15)13-8-6-5-7-9-13/h5-9H,4,10-12H2,1-3H3. The summed E-state index contributed by atoms with van der Waals surface area (Å²) in [7, 11) is 0.633. The maximum absolute atomic E-state index is 12.2. The van der Waals surface area contributed by atoms with Gasteiger partial charge in [-0.3, -0.25) is 0 Å². The number of rotatable bonds is 4. The molecule has 2 heterocycles. The zero-order chi connectivity index (χ0) is 17.3. The fourth-order valence-corrected chi connectivity index (χ4v) is 3.94. The predicted octanol–water partition coefficient (Wildman–Crippen LogP) is 1.92. The van der Waals surface area contributed by atoms with E-state index in [1.54, 1.807) is 6.92 Å². The minimum atomic E-state index is -3.21. The third kappa shape index (κ3) is 3.14. The van der Waals surface area contributed by atoms with Gasteiger partial charge in [-0.15, -0.1) is 0 Å². The Balaban J connectivity index is 2.07. The lowest BCUT2D eigenvalue weighted by Gasteiger charge is -2.30. The Hall–Kier alpha value is -1.99. The van der Waals surface area contributed by atoms with Crippen molar-refractivity contribution in [3.05, 3.63) is 41.6 Å². The highest BCUT2D eigenvalue weighted by Gasteiger charge is 2.29. The minimum absolute atomic E-state index is 0.114. The second-order valence-corrected chi connectivity index (χ2v) is 8.30. The molecule has 24 heavy (non-hydrogen) atoms. The lowest BCUT2D eigenvalue weighted by molar-refractivity contribution is 0.388. The first-order valence-corrected chi connectivity index (χ1v) is 9.63. The van der Waals surface area contributed by atoms with E-state index in [-0.39, 0.29) is 5.75 Å². The molecule has 0 N–H and O–H groups in total. The maximum Gasteiger partial charge on any atom is 0.214 e. The highest BCUT2D eigenvalue weighted by Crippen LogP contribution is 2.29. The molecule has 0 amide bonds. The van der Waals surface area contributed by atoms with E-state index in [0.717, 1.165) is 22.6 Å². The monoisotopic (exact) mass is 346 g/mol. The van der Waals surface area contributed by atoms with Gasteiger partial charge in [0, 0.05) is 44.7 Å². The molecule has 0 radical (unpaired) electrons. The van der Waals surface area contributed by atoms with Crippen LogP contribution in [0, 0.1) is 0 Å².